The zero-order valence-corrected chi connectivity index (χ0v) is 13.0. The second-order valence-electron chi connectivity index (χ2n) is 5.56. The van der Waals surface area contributed by atoms with E-state index < -0.39 is 12.1 Å². The van der Waals surface area contributed by atoms with E-state index in [-0.39, 0.29) is 5.91 Å². The van der Waals surface area contributed by atoms with Gasteiger partial charge in [0.25, 0.3) is 5.91 Å². The minimum atomic E-state index is -0.784. The van der Waals surface area contributed by atoms with Crippen LogP contribution < -0.4 is 5.32 Å². The first-order valence-corrected chi connectivity index (χ1v) is 7.88. The summed E-state index contributed by atoms with van der Waals surface area (Å²) in [4.78, 5) is 23.8. The number of ether oxygens (including phenoxy) is 1. The van der Waals surface area contributed by atoms with Crippen molar-refractivity contribution >= 4 is 11.9 Å². The number of esters is 1. The molecule has 4 heteroatoms. The van der Waals surface area contributed by atoms with E-state index in [1.165, 1.54) is 18.4 Å². The maximum absolute atomic E-state index is 11.9. The van der Waals surface area contributed by atoms with Crippen LogP contribution in [-0.4, -0.2) is 24.5 Å². The van der Waals surface area contributed by atoms with Crippen LogP contribution >= 0.6 is 0 Å². The highest BCUT2D eigenvalue weighted by atomic mass is 16.5. The number of hydrogen-bond donors (Lipinski definition) is 1. The standard InChI is InChI=1S/C18H23NO3/c1-14(22-18(21)16-10-6-3-7-11-16)17(20)19-13-12-15-8-4-2-5-9-15/h3,6-8,10-11,14H,2,4-5,9,12-13H2,1H3,(H,19,20)/t14-/m0/s1. The van der Waals surface area contributed by atoms with Gasteiger partial charge in [-0.15, -0.1) is 0 Å². The van der Waals surface area contributed by atoms with Gasteiger partial charge < -0.3 is 10.1 Å². The summed E-state index contributed by atoms with van der Waals surface area (Å²) in [7, 11) is 0. The smallest absolute Gasteiger partial charge is 0.338 e. The SMILES string of the molecule is C[C@H](OC(=O)c1ccccc1)C(=O)NCCC1=CCCCC1. The highest BCUT2D eigenvalue weighted by molar-refractivity contribution is 5.92. The molecule has 4 nitrogen and oxygen atoms in total. The Morgan fingerprint density at radius 3 is 2.68 bits per heavy atom. The van der Waals surface area contributed by atoms with Crippen LogP contribution in [0.25, 0.3) is 0 Å². The summed E-state index contributed by atoms with van der Waals surface area (Å²) < 4.78 is 5.18. The molecule has 1 aromatic carbocycles. The van der Waals surface area contributed by atoms with Gasteiger partial charge in [0, 0.05) is 6.54 Å². The number of carbonyl (C=O) groups excluding carboxylic acids is 2. The van der Waals surface area contributed by atoms with Gasteiger partial charge in [0.05, 0.1) is 5.56 Å². The number of allylic oxidation sites excluding steroid dienone is 1. The Morgan fingerprint density at radius 2 is 2.00 bits per heavy atom. The van der Waals surface area contributed by atoms with Crippen LogP contribution in [0.4, 0.5) is 0 Å². The van der Waals surface area contributed by atoms with Crippen LogP contribution in [0.15, 0.2) is 42.0 Å². The first kappa shape index (κ1) is 16.3. The van der Waals surface area contributed by atoms with Crippen molar-refractivity contribution in [3.05, 3.63) is 47.5 Å². The molecule has 1 amide bonds. The van der Waals surface area contributed by atoms with Crippen molar-refractivity contribution in [1.29, 1.82) is 0 Å². The molecule has 0 aliphatic heterocycles. The van der Waals surface area contributed by atoms with Crippen LogP contribution in [0.3, 0.4) is 0 Å². The molecular formula is C18H23NO3. The molecule has 22 heavy (non-hydrogen) atoms. The number of carbonyl (C=O) groups is 2. The first-order valence-electron chi connectivity index (χ1n) is 7.88. The fourth-order valence-electron chi connectivity index (χ4n) is 2.48. The molecule has 0 radical (unpaired) electrons. The maximum Gasteiger partial charge on any atom is 0.338 e. The van der Waals surface area contributed by atoms with Gasteiger partial charge in [0.15, 0.2) is 6.10 Å². The van der Waals surface area contributed by atoms with Crippen molar-refractivity contribution < 1.29 is 14.3 Å². The lowest BCUT2D eigenvalue weighted by molar-refractivity contribution is -0.129. The van der Waals surface area contributed by atoms with Gasteiger partial charge in [-0.2, -0.15) is 0 Å². The van der Waals surface area contributed by atoms with Gasteiger partial charge in [-0.3, -0.25) is 4.79 Å². The summed E-state index contributed by atoms with van der Waals surface area (Å²) in [5.41, 5.74) is 1.87. The van der Waals surface area contributed by atoms with Crippen molar-refractivity contribution in [2.75, 3.05) is 6.54 Å². The molecular weight excluding hydrogens is 278 g/mol. The Balaban J connectivity index is 1.72. The summed E-state index contributed by atoms with van der Waals surface area (Å²) in [6.07, 6.45) is 7.16. The van der Waals surface area contributed by atoms with Crippen molar-refractivity contribution in [3.63, 3.8) is 0 Å². The molecule has 0 fully saturated rings. The van der Waals surface area contributed by atoms with E-state index in [0.717, 1.165) is 19.3 Å². The van der Waals surface area contributed by atoms with E-state index in [1.807, 2.05) is 6.07 Å². The topological polar surface area (TPSA) is 55.4 Å². The lowest BCUT2D eigenvalue weighted by Gasteiger charge is -2.15. The van der Waals surface area contributed by atoms with Gasteiger partial charge in [-0.25, -0.2) is 4.79 Å². The number of rotatable bonds is 6. The average molecular weight is 301 g/mol. The van der Waals surface area contributed by atoms with E-state index in [9.17, 15) is 9.59 Å². The van der Waals surface area contributed by atoms with E-state index in [4.69, 9.17) is 4.74 Å². The Labute approximate surface area is 131 Å². The van der Waals surface area contributed by atoms with Gasteiger partial charge in [0.1, 0.15) is 0 Å². The second kappa shape index (κ2) is 8.37. The molecule has 0 saturated heterocycles. The molecule has 1 atom stereocenters. The normalized spacial score (nSPS) is 15.6. The number of hydrogen-bond acceptors (Lipinski definition) is 3. The molecule has 0 heterocycles. The largest absolute Gasteiger partial charge is 0.449 e. The quantitative estimate of drug-likeness (QED) is 0.648. The monoisotopic (exact) mass is 301 g/mol. The molecule has 1 aliphatic rings. The maximum atomic E-state index is 11.9. The average Bonchev–Trinajstić information content (AvgIpc) is 2.56. The van der Waals surface area contributed by atoms with Gasteiger partial charge in [-0.1, -0.05) is 29.8 Å². The number of benzene rings is 1. The third-order valence-corrected chi connectivity index (χ3v) is 3.79. The van der Waals surface area contributed by atoms with Crippen LogP contribution in [0, 0.1) is 0 Å². The zero-order valence-electron chi connectivity index (χ0n) is 13.0. The minimum Gasteiger partial charge on any atom is -0.449 e. The Morgan fingerprint density at radius 1 is 1.23 bits per heavy atom. The summed E-state index contributed by atoms with van der Waals surface area (Å²) in [5.74, 6) is -0.723. The van der Waals surface area contributed by atoms with Crippen LogP contribution in [0.5, 0.6) is 0 Å². The fourth-order valence-corrected chi connectivity index (χ4v) is 2.48. The van der Waals surface area contributed by atoms with Crippen molar-refractivity contribution in [2.45, 2.75) is 45.1 Å². The molecule has 1 aliphatic carbocycles. The molecule has 0 saturated carbocycles. The molecule has 118 valence electrons. The highest BCUT2D eigenvalue weighted by Crippen LogP contribution is 2.19. The van der Waals surface area contributed by atoms with Crippen molar-refractivity contribution in [2.24, 2.45) is 0 Å². The van der Waals surface area contributed by atoms with E-state index in [0.29, 0.717) is 12.1 Å². The predicted molar refractivity (Wildman–Crippen MR) is 85.5 cm³/mol. The third kappa shape index (κ3) is 5.02. The third-order valence-electron chi connectivity index (χ3n) is 3.79. The van der Waals surface area contributed by atoms with E-state index in [2.05, 4.69) is 11.4 Å². The minimum absolute atomic E-state index is 0.249. The number of amides is 1. The van der Waals surface area contributed by atoms with Gasteiger partial charge in [0.2, 0.25) is 0 Å². The van der Waals surface area contributed by atoms with Crippen LogP contribution in [0.1, 0.15) is 49.4 Å². The Kier molecular flexibility index (Phi) is 6.19. The zero-order chi connectivity index (χ0) is 15.8. The summed E-state index contributed by atoms with van der Waals surface area (Å²) in [6.45, 7) is 2.19. The molecule has 0 bridgehead atoms. The fraction of sp³-hybridized carbons (Fsp3) is 0.444. The van der Waals surface area contributed by atoms with E-state index in [1.54, 1.807) is 31.2 Å². The van der Waals surface area contributed by atoms with Crippen LogP contribution in [0.2, 0.25) is 0 Å². The molecule has 0 unspecified atom stereocenters. The van der Waals surface area contributed by atoms with E-state index >= 15 is 0 Å². The summed E-state index contributed by atoms with van der Waals surface area (Å²) in [5, 5.41) is 2.83. The Hall–Kier alpha value is -2.10. The van der Waals surface area contributed by atoms with Crippen molar-refractivity contribution in [1.82, 2.24) is 5.32 Å². The molecule has 2 rings (SSSR count). The predicted octanol–water partition coefficient (Wildman–Crippen LogP) is 3.24. The highest BCUT2D eigenvalue weighted by Gasteiger charge is 2.18. The lowest BCUT2D eigenvalue weighted by atomic mass is 9.97. The lowest BCUT2D eigenvalue weighted by Crippen LogP contribution is -2.36. The van der Waals surface area contributed by atoms with Gasteiger partial charge in [-0.05, 0) is 51.2 Å². The van der Waals surface area contributed by atoms with Gasteiger partial charge >= 0.3 is 5.97 Å². The molecule has 0 aromatic heterocycles. The summed E-state index contributed by atoms with van der Waals surface area (Å²) >= 11 is 0. The van der Waals surface area contributed by atoms with Crippen molar-refractivity contribution in [3.8, 4) is 0 Å². The molecule has 1 N–H and O–H groups in total. The second-order valence-corrected chi connectivity index (χ2v) is 5.56. The molecule has 0 spiro atoms. The van der Waals surface area contributed by atoms with Crippen LogP contribution in [-0.2, 0) is 9.53 Å². The molecule has 1 aromatic rings. The summed E-state index contributed by atoms with van der Waals surface area (Å²) in [6, 6.07) is 8.69. The number of nitrogens with one attached hydrogen (secondary N) is 1. The Bertz CT molecular complexity index is 537. The first-order chi connectivity index (χ1) is 10.7.